The van der Waals surface area contributed by atoms with Gasteiger partial charge in [0.25, 0.3) is 5.91 Å². The average molecular weight is 496 g/mol. The Hall–Kier alpha value is -3.82. The van der Waals surface area contributed by atoms with Gasteiger partial charge in [0, 0.05) is 44.0 Å². The number of imidazole rings is 1. The molecule has 1 aliphatic heterocycles. The Balaban J connectivity index is 1.39. The third-order valence-corrected chi connectivity index (χ3v) is 8.20. The van der Waals surface area contributed by atoms with Crippen LogP contribution in [-0.4, -0.2) is 70.0 Å². The third kappa shape index (κ3) is 4.60. The molecule has 1 fully saturated rings. The highest BCUT2D eigenvalue weighted by Crippen LogP contribution is 2.21. The second-order valence-corrected chi connectivity index (χ2v) is 10.3. The minimum atomic E-state index is -3.69. The van der Waals surface area contributed by atoms with E-state index >= 15 is 0 Å². The van der Waals surface area contributed by atoms with Crippen molar-refractivity contribution < 1.29 is 18.0 Å². The van der Waals surface area contributed by atoms with Crippen LogP contribution in [0.25, 0.3) is 5.65 Å². The zero-order valence-electron chi connectivity index (χ0n) is 19.4. The van der Waals surface area contributed by atoms with Crippen molar-refractivity contribution in [1.29, 1.82) is 5.26 Å². The maximum Gasteiger partial charge on any atom is 0.271 e. The first-order chi connectivity index (χ1) is 16.6. The number of nitriles is 1. The first kappa shape index (κ1) is 24.3. The van der Waals surface area contributed by atoms with E-state index in [9.17, 15) is 18.0 Å². The summed E-state index contributed by atoms with van der Waals surface area (Å²) in [5.74, 6) is -0.718. The van der Waals surface area contributed by atoms with Gasteiger partial charge < -0.3 is 10.6 Å². The fourth-order valence-corrected chi connectivity index (χ4v) is 5.70. The molecule has 1 aromatic carbocycles. The fourth-order valence-electron chi connectivity index (χ4n) is 4.28. The number of carbonyl (C=O) groups excluding carboxylic acids is 2. The molecule has 0 atom stereocenters. The molecule has 0 aliphatic carbocycles. The molecule has 2 N–H and O–H groups in total. The van der Waals surface area contributed by atoms with Crippen LogP contribution in [0.4, 0.5) is 0 Å². The van der Waals surface area contributed by atoms with Gasteiger partial charge in [0.1, 0.15) is 6.33 Å². The SMILES string of the molecule is Cc1nc2c(C(N)=O)ncn2c(C)c1CCC(=O)N1CCN(S(=O)(=O)c2ccc(C#N)cc2)CC1. The molecule has 0 bridgehead atoms. The normalized spacial score (nSPS) is 14.7. The number of fused-ring (bicyclic) bond motifs is 1. The lowest BCUT2D eigenvalue weighted by atomic mass is 10.1. The van der Waals surface area contributed by atoms with E-state index in [1.54, 1.807) is 9.30 Å². The number of hydrogen-bond acceptors (Lipinski definition) is 7. The van der Waals surface area contributed by atoms with Crippen LogP contribution in [0.3, 0.4) is 0 Å². The molecular weight excluding hydrogens is 470 g/mol. The maximum absolute atomic E-state index is 12.9. The van der Waals surface area contributed by atoms with E-state index in [4.69, 9.17) is 11.0 Å². The minimum Gasteiger partial charge on any atom is -0.364 e. The Labute approximate surface area is 202 Å². The number of hydrogen-bond donors (Lipinski definition) is 1. The summed E-state index contributed by atoms with van der Waals surface area (Å²) in [7, 11) is -3.69. The van der Waals surface area contributed by atoms with Gasteiger partial charge in [0.05, 0.1) is 16.5 Å². The van der Waals surface area contributed by atoms with Crippen molar-refractivity contribution in [3.63, 3.8) is 0 Å². The lowest BCUT2D eigenvalue weighted by molar-refractivity contribution is -0.132. The standard InChI is InChI=1S/C23H25N7O4S/c1-15-19(16(2)30-14-26-21(22(25)32)23(30)27-15)7-8-20(31)28-9-11-29(12-10-28)35(33,34)18-5-3-17(13-24)4-6-18/h3-6,14H,7-12H2,1-2H3,(H2,25,32). The number of aryl methyl sites for hydroxylation is 2. The summed E-state index contributed by atoms with van der Waals surface area (Å²) in [4.78, 5) is 34.8. The molecule has 1 aliphatic rings. The number of rotatable bonds is 6. The van der Waals surface area contributed by atoms with Crippen molar-refractivity contribution in [1.82, 2.24) is 23.6 Å². The van der Waals surface area contributed by atoms with E-state index in [2.05, 4.69) is 9.97 Å². The van der Waals surface area contributed by atoms with E-state index in [0.717, 1.165) is 11.3 Å². The molecular formula is C23H25N7O4S. The quantitative estimate of drug-likeness (QED) is 0.530. The Morgan fingerprint density at radius 1 is 1.11 bits per heavy atom. The number of primary amides is 1. The van der Waals surface area contributed by atoms with E-state index in [1.807, 2.05) is 19.9 Å². The van der Waals surface area contributed by atoms with E-state index < -0.39 is 15.9 Å². The lowest BCUT2D eigenvalue weighted by Gasteiger charge is -2.34. The van der Waals surface area contributed by atoms with Crippen LogP contribution in [0.15, 0.2) is 35.5 Å². The smallest absolute Gasteiger partial charge is 0.271 e. The Morgan fingerprint density at radius 2 is 1.77 bits per heavy atom. The van der Waals surface area contributed by atoms with Gasteiger partial charge in [0.15, 0.2) is 11.3 Å². The van der Waals surface area contributed by atoms with Crippen molar-refractivity contribution in [3.05, 3.63) is 58.8 Å². The van der Waals surface area contributed by atoms with Gasteiger partial charge in [-0.15, -0.1) is 0 Å². The summed E-state index contributed by atoms with van der Waals surface area (Å²) in [6.07, 6.45) is 2.19. The van der Waals surface area contributed by atoms with Crippen LogP contribution in [0.2, 0.25) is 0 Å². The number of carbonyl (C=O) groups is 2. The van der Waals surface area contributed by atoms with Crippen LogP contribution in [-0.2, 0) is 21.2 Å². The number of nitrogens with two attached hydrogens (primary N) is 1. The van der Waals surface area contributed by atoms with Crippen molar-refractivity contribution in [3.8, 4) is 6.07 Å². The molecule has 11 nitrogen and oxygen atoms in total. The van der Waals surface area contributed by atoms with Gasteiger partial charge in [-0.3, -0.25) is 14.0 Å². The van der Waals surface area contributed by atoms with Gasteiger partial charge in [-0.05, 0) is 50.1 Å². The van der Waals surface area contributed by atoms with Crippen molar-refractivity contribution in [2.75, 3.05) is 26.2 Å². The molecule has 0 unspecified atom stereocenters. The largest absolute Gasteiger partial charge is 0.364 e. The van der Waals surface area contributed by atoms with E-state index in [-0.39, 0.29) is 36.0 Å². The summed E-state index contributed by atoms with van der Waals surface area (Å²) in [6.45, 7) is 4.69. The molecule has 12 heteroatoms. The lowest BCUT2D eigenvalue weighted by Crippen LogP contribution is -2.50. The maximum atomic E-state index is 12.9. The third-order valence-electron chi connectivity index (χ3n) is 6.29. The Kier molecular flexibility index (Phi) is 6.56. The summed E-state index contributed by atoms with van der Waals surface area (Å²) in [6, 6.07) is 7.76. The molecule has 182 valence electrons. The highest BCUT2D eigenvalue weighted by molar-refractivity contribution is 7.89. The molecule has 1 saturated heterocycles. The van der Waals surface area contributed by atoms with Gasteiger partial charge in [-0.1, -0.05) is 0 Å². The first-order valence-corrected chi connectivity index (χ1v) is 12.5. The van der Waals surface area contributed by atoms with Crippen LogP contribution in [0, 0.1) is 25.2 Å². The summed E-state index contributed by atoms with van der Waals surface area (Å²) >= 11 is 0. The number of nitrogens with zero attached hydrogens (tertiary/aromatic N) is 6. The molecule has 0 radical (unpaired) electrons. The summed E-state index contributed by atoms with van der Waals surface area (Å²) < 4.78 is 28.8. The monoisotopic (exact) mass is 495 g/mol. The number of aromatic nitrogens is 3. The molecule has 4 rings (SSSR count). The van der Waals surface area contributed by atoms with Crippen molar-refractivity contribution >= 4 is 27.5 Å². The Bertz CT molecular complexity index is 1450. The van der Waals surface area contributed by atoms with Gasteiger partial charge in [-0.25, -0.2) is 18.4 Å². The number of amides is 2. The average Bonchev–Trinajstić information content (AvgIpc) is 3.28. The summed E-state index contributed by atoms with van der Waals surface area (Å²) in [5.41, 5.74) is 8.67. The number of piperazine rings is 1. The van der Waals surface area contributed by atoms with Gasteiger partial charge in [-0.2, -0.15) is 9.57 Å². The fraction of sp³-hybridized carbons (Fsp3) is 0.348. The van der Waals surface area contributed by atoms with Gasteiger partial charge >= 0.3 is 0 Å². The molecule has 35 heavy (non-hydrogen) atoms. The molecule has 2 aromatic heterocycles. The second-order valence-electron chi connectivity index (χ2n) is 8.33. The van der Waals surface area contributed by atoms with Crippen LogP contribution >= 0.6 is 0 Å². The Morgan fingerprint density at radius 3 is 2.37 bits per heavy atom. The molecule has 3 heterocycles. The van der Waals surface area contributed by atoms with E-state index in [0.29, 0.717) is 36.4 Å². The highest BCUT2D eigenvalue weighted by Gasteiger charge is 2.30. The second kappa shape index (κ2) is 9.44. The molecule has 3 aromatic rings. The van der Waals surface area contributed by atoms with Crippen molar-refractivity contribution in [2.45, 2.75) is 31.6 Å². The molecule has 0 spiro atoms. The first-order valence-electron chi connectivity index (χ1n) is 11.0. The summed E-state index contributed by atoms with van der Waals surface area (Å²) in [5, 5.41) is 8.90. The van der Waals surface area contributed by atoms with Crippen LogP contribution in [0.1, 0.15) is 39.4 Å². The van der Waals surface area contributed by atoms with Crippen molar-refractivity contribution in [2.24, 2.45) is 5.73 Å². The van der Waals surface area contributed by atoms with E-state index in [1.165, 1.54) is 34.9 Å². The van der Waals surface area contributed by atoms with Gasteiger partial charge in [0.2, 0.25) is 15.9 Å². The highest BCUT2D eigenvalue weighted by atomic mass is 32.2. The predicted octanol–water partition coefficient (Wildman–Crippen LogP) is 0.782. The topological polar surface area (TPSA) is 155 Å². The molecule has 0 saturated carbocycles. The zero-order chi connectivity index (χ0) is 25.3. The predicted molar refractivity (Wildman–Crippen MR) is 126 cm³/mol. The number of sulfonamides is 1. The van der Waals surface area contributed by atoms with Crippen LogP contribution < -0.4 is 5.73 Å². The number of benzene rings is 1. The minimum absolute atomic E-state index is 0.0669. The van der Waals surface area contributed by atoms with Crippen LogP contribution in [0.5, 0.6) is 0 Å². The zero-order valence-corrected chi connectivity index (χ0v) is 20.2. The molecule has 2 amide bonds.